The standard InChI is InChI=1S/C17H25FN2O3/c1-16(2,3)23-15(21)20-13-5-6-14(18)12(9-13)10-17(22)7-4-8-19-11-17/h5-6,9,19,22H,4,7-8,10-11H2,1-3H3,(H,20,21). The Kier molecular flexibility index (Phi) is 5.26. The zero-order chi connectivity index (χ0) is 17.1. The predicted octanol–water partition coefficient (Wildman–Crippen LogP) is 2.83. The van der Waals surface area contributed by atoms with E-state index >= 15 is 0 Å². The topological polar surface area (TPSA) is 70.6 Å². The molecular weight excluding hydrogens is 299 g/mol. The Morgan fingerprint density at radius 1 is 1.48 bits per heavy atom. The molecule has 1 aromatic carbocycles. The van der Waals surface area contributed by atoms with Gasteiger partial charge < -0.3 is 15.2 Å². The summed E-state index contributed by atoms with van der Waals surface area (Å²) in [6.07, 6.45) is 1.10. The first-order valence-corrected chi connectivity index (χ1v) is 7.88. The smallest absolute Gasteiger partial charge is 0.412 e. The van der Waals surface area contributed by atoms with Gasteiger partial charge in [0.15, 0.2) is 0 Å². The van der Waals surface area contributed by atoms with Crippen LogP contribution in [0.2, 0.25) is 0 Å². The predicted molar refractivity (Wildman–Crippen MR) is 87.0 cm³/mol. The van der Waals surface area contributed by atoms with Gasteiger partial charge in [0.25, 0.3) is 0 Å². The molecule has 0 aliphatic carbocycles. The molecule has 0 saturated carbocycles. The van der Waals surface area contributed by atoms with Crippen molar-refractivity contribution in [2.24, 2.45) is 0 Å². The van der Waals surface area contributed by atoms with E-state index in [0.717, 1.165) is 13.0 Å². The minimum Gasteiger partial charge on any atom is -0.444 e. The lowest BCUT2D eigenvalue weighted by atomic mass is 9.87. The van der Waals surface area contributed by atoms with Crippen molar-refractivity contribution in [3.63, 3.8) is 0 Å². The summed E-state index contributed by atoms with van der Waals surface area (Å²) in [5.41, 5.74) is -0.729. The normalized spacial score (nSPS) is 21.8. The highest BCUT2D eigenvalue weighted by atomic mass is 19.1. The number of amides is 1. The number of benzene rings is 1. The second kappa shape index (κ2) is 6.84. The van der Waals surface area contributed by atoms with Gasteiger partial charge in [-0.05, 0) is 63.9 Å². The van der Waals surface area contributed by atoms with E-state index in [0.29, 0.717) is 24.2 Å². The molecule has 1 atom stereocenters. The molecule has 1 aliphatic rings. The molecule has 1 aromatic rings. The van der Waals surface area contributed by atoms with Crippen molar-refractivity contribution in [3.8, 4) is 0 Å². The molecule has 128 valence electrons. The molecule has 5 nitrogen and oxygen atoms in total. The minimum absolute atomic E-state index is 0.204. The molecule has 0 aromatic heterocycles. The Morgan fingerprint density at radius 3 is 2.83 bits per heavy atom. The molecule has 23 heavy (non-hydrogen) atoms. The zero-order valence-electron chi connectivity index (χ0n) is 13.9. The number of halogens is 1. The van der Waals surface area contributed by atoms with Gasteiger partial charge in [-0.15, -0.1) is 0 Å². The molecule has 1 fully saturated rings. The van der Waals surface area contributed by atoms with Gasteiger partial charge in [0.05, 0.1) is 5.60 Å². The Hall–Kier alpha value is -1.66. The number of piperidine rings is 1. The highest BCUT2D eigenvalue weighted by molar-refractivity contribution is 5.84. The van der Waals surface area contributed by atoms with Gasteiger partial charge in [-0.1, -0.05) is 0 Å². The highest BCUT2D eigenvalue weighted by Crippen LogP contribution is 2.25. The number of carbonyl (C=O) groups excluding carboxylic acids is 1. The van der Waals surface area contributed by atoms with Crippen LogP contribution in [0.25, 0.3) is 0 Å². The number of β-amino-alcohol motifs (C(OH)–C–C–N with tert-alkyl or cyclic N) is 1. The van der Waals surface area contributed by atoms with Crippen molar-refractivity contribution in [1.29, 1.82) is 0 Å². The number of ether oxygens (including phenoxy) is 1. The number of nitrogens with one attached hydrogen (secondary N) is 2. The SMILES string of the molecule is CC(C)(C)OC(=O)Nc1ccc(F)c(CC2(O)CCCNC2)c1. The molecule has 6 heteroatoms. The maximum Gasteiger partial charge on any atom is 0.412 e. The van der Waals surface area contributed by atoms with Gasteiger partial charge in [0, 0.05) is 18.7 Å². The molecule has 1 saturated heterocycles. The monoisotopic (exact) mass is 324 g/mol. The zero-order valence-corrected chi connectivity index (χ0v) is 13.9. The van der Waals surface area contributed by atoms with Crippen LogP contribution in [0.3, 0.4) is 0 Å². The summed E-state index contributed by atoms with van der Waals surface area (Å²) < 4.78 is 19.2. The number of carbonyl (C=O) groups is 1. The van der Waals surface area contributed by atoms with Gasteiger partial charge in [0.1, 0.15) is 11.4 Å². The van der Waals surface area contributed by atoms with Crippen molar-refractivity contribution in [2.45, 2.75) is 51.2 Å². The summed E-state index contributed by atoms with van der Waals surface area (Å²) in [6.45, 7) is 6.62. The molecule has 0 spiro atoms. The third-order valence-corrected chi connectivity index (χ3v) is 3.66. The Morgan fingerprint density at radius 2 is 2.22 bits per heavy atom. The van der Waals surface area contributed by atoms with Crippen molar-refractivity contribution in [1.82, 2.24) is 5.32 Å². The quantitative estimate of drug-likeness (QED) is 0.799. The van der Waals surface area contributed by atoms with Crippen LogP contribution < -0.4 is 10.6 Å². The fourth-order valence-electron chi connectivity index (χ4n) is 2.67. The minimum atomic E-state index is -0.955. The third-order valence-electron chi connectivity index (χ3n) is 3.66. The lowest BCUT2D eigenvalue weighted by Gasteiger charge is -2.33. The van der Waals surface area contributed by atoms with Crippen LogP contribution in [0.1, 0.15) is 39.2 Å². The van der Waals surface area contributed by atoms with Crippen LogP contribution >= 0.6 is 0 Å². The fourth-order valence-corrected chi connectivity index (χ4v) is 2.67. The van der Waals surface area contributed by atoms with Gasteiger partial charge in [-0.3, -0.25) is 5.32 Å². The summed E-state index contributed by atoms with van der Waals surface area (Å²) in [5, 5.41) is 16.2. The van der Waals surface area contributed by atoms with Crippen LogP contribution in [0.4, 0.5) is 14.9 Å². The Labute approximate surface area is 136 Å². The van der Waals surface area contributed by atoms with Crippen LogP contribution in [-0.2, 0) is 11.2 Å². The largest absolute Gasteiger partial charge is 0.444 e. The molecule has 1 aliphatic heterocycles. The molecule has 0 bridgehead atoms. The average Bonchev–Trinajstić information content (AvgIpc) is 2.41. The number of rotatable bonds is 3. The molecule has 3 N–H and O–H groups in total. The third kappa shape index (κ3) is 5.48. The maximum absolute atomic E-state index is 14.0. The Bertz CT molecular complexity index is 563. The van der Waals surface area contributed by atoms with E-state index in [1.165, 1.54) is 12.1 Å². The second-order valence-electron chi connectivity index (χ2n) is 7.11. The van der Waals surface area contributed by atoms with Crippen molar-refractivity contribution < 1.29 is 19.0 Å². The number of hydrogen-bond donors (Lipinski definition) is 3. The highest BCUT2D eigenvalue weighted by Gasteiger charge is 2.30. The van der Waals surface area contributed by atoms with E-state index in [1.54, 1.807) is 26.8 Å². The first kappa shape index (κ1) is 17.7. The average molecular weight is 324 g/mol. The first-order chi connectivity index (χ1) is 10.7. The summed E-state index contributed by atoms with van der Waals surface area (Å²) >= 11 is 0. The van der Waals surface area contributed by atoms with Crippen LogP contribution in [0.15, 0.2) is 18.2 Å². The van der Waals surface area contributed by atoms with Crippen molar-refractivity contribution in [3.05, 3.63) is 29.6 Å². The van der Waals surface area contributed by atoms with Gasteiger partial charge >= 0.3 is 6.09 Å². The molecule has 0 radical (unpaired) electrons. The number of hydrogen-bond acceptors (Lipinski definition) is 4. The molecule has 1 unspecified atom stereocenters. The molecule has 1 heterocycles. The number of anilines is 1. The van der Waals surface area contributed by atoms with E-state index in [-0.39, 0.29) is 6.42 Å². The van der Waals surface area contributed by atoms with E-state index in [9.17, 15) is 14.3 Å². The molecule has 1 amide bonds. The van der Waals surface area contributed by atoms with E-state index in [2.05, 4.69) is 10.6 Å². The molecular formula is C17H25FN2O3. The van der Waals surface area contributed by atoms with Gasteiger partial charge in [-0.2, -0.15) is 0 Å². The Balaban J connectivity index is 2.08. The van der Waals surface area contributed by atoms with Crippen LogP contribution in [-0.4, -0.2) is 35.5 Å². The molecule has 2 rings (SSSR count). The number of aliphatic hydroxyl groups is 1. The lowest BCUT2D eigenvalue weighted by molar-refractivity contribution is 0.0162. The van der Waals surface area contributed by atoms with Crippen LogP contribution in [0, 0.1) is 5.82 Å². The maximum atomic E-state index is 14.0. The second-order valence-corrected chi connectivity index (χ2v) is 7.11. The summed E-state index contributed by atoms with van der Waals surface area (Å²) in [4.78, 5) is 11.8. The van der Waals surface area contributed by atoms with Crippen molar-refractivity contribution >= 4 is 11.8 Å². The fraction of sp³-hybridized carbons (Fsp3) is 0.588. The van der Waals surface area contributed by atoms with E-state index < -0.39 is 23.1 Å². The lowest BCUT2D eigenvalue weighted by Crippen LogP contribution is -2.47. The summed E-state index contributed by atoms with van der Waals surface area (Å²) in [6, 6.07) is 4.32. The summed E-state index contributed by atoms with van der Waals surface area (Å²) in [7, 11) is 0. The van der Waals surface area contributed by atoms with E-state index in [1.807, 2.05) is 0 Å². The van der Waals surface area contributed by atoms with Crippen molar-refractivity contribution in [2.75, 3.05) is 18.4 Å². The summed E-state index contributed by atoms with van der Waals surface area (Å²) in [5.74, 6) is -0.390. The van der Waals surface area contributed by atoms with Crippen LogP contribution in [0.5, 0.6) is 0 Å². The van der Waals surface area contributed by atoms with Gasteiger partial charge in [0.2, 0.25) is 0 Å². The van der Waals surface area contributed by atoms with E-state index in [4.69, 9.17) is 4.74 Å². The first-order valence-electron chi connectivity index (χ1n) is 7.88. The van der Waals surface area contributed by atoms with Gasteiger partial charge in [-0.25, -0.2) is 9.18 Å².